The Bertz CT molecular complexity index is 1060. The van der Waals surface area contributed by atoms with Gasteiger partial charge in [-0.25, -0.2) is 13.2 Å². The number of hydrogen-bond acceptors (Lipinski definition) is 5. The molecular formula is C21H24Cl2N2O5S. The number of ether oxygens (including phenoxy) is 1. The van der Waals surface area contributed by atoms with Crippen LogP contribution in [0.15, 0.2) is 47.4 Å². The highest BCUT2D eigenvalue weighted by atomic mass is 35.5. The Morgan fingerprint density at radius 2 is 1.71 bits per heavy atom. The zero-order valence-electron chi connectivity index (χ0n) is 17.4. The summed E-state index contributed by atoms with van der Waals surface area (Å²) in [6.07, 6.45) is 0. The molecule has 0 aliphatic carbocycles. The van der Waals surface area contributed by atoms with E-state index in [-0.39, 0.29) is 34.6 Å². The van der Waals surface area contributed by atoms with Gasteiger partial charge in [0.25, 0.3) is 5.91 Å². The first-order valence-corrected chi connectivity index (χ1v) is 11.8. The van der Waals surface area contributed by atoms with Gasteiger partial charge in [0, 0.05) is 18.1 Å². The molecule has 0 aromatic heterocycles. The third-order valence-electron chi connectivity index (χ3n) is 4.57. The van der Waals surface area contributed by atoms with Crippen LogP contribution >= 0.6 is 23.2 Å². The summed E-state index contributed by atoms with van der Waals surface area (Å²) in [7, 11) is -3.87. The highest BCUT2D eigenvalue weighted by molar-refractivity contribution is 7.89. The molecule has 0 radical (unpaired) electrons. The molecular weight excluding hydrogens is 463 g/mol. The molecule has 0 aliphatic heterocycles. The van der Waals surface area contributed by atoms with Crippen molar-refractivity contribution in [3.8, 4) is 0 Å². The van der Waals surface area contributed by atoms with E-state index in [0.717, 1.165) is 11.6 Å². The number of nitrogens with one attached hydrogen (secondary N) is 1. The molecule has 0 saturated heterocycles. The van der Waals surface area contributed by atoms with E-state index in [1.807, 2.05) is 0 Å². The van der Waals surface area contributed by atoms with Crippen LogP contribution in [0, 0.1) is 0 Å². The number of carbonyl (C=O) groups is 2. The Morgan fingerprint density at radius 1 is 1.06 bits per heavy atom. The van der Waals surface area contributed by atoms with Crippen molar-refractivity contribution in [1.82, 2.24) is 9.62 Å². The first-order valence-electron chi connectivity index (χ1n) is 9.62. The van der Waals surface area contributed by atoms with Crippen LogP contribution in [0.4, 0.5) is 0 Å². The van der Waals surface area contributed by atoms with Crippen molar-refractivity contribution in [3.63, 3.8) is 0 Å². The Kier molecular flexibility index (Phi) is 8.88. The second-order valence-corrected chi connectivity index (χ2v) is 9.34. The van der Waals surface area contributed by atoms with Gasteiger partial charge < -0.3 is 10.1 Å². The molecule has 0 spiro atoms. The highest BCUT2D eigenvalue weighted by Crippen LogP contribution is 2.26. The van der Waals surface area contributed by atoms with Gasteiger partial charge in [-0.1, -0.05) is 55.2 Å². The van der Waals surface area contributed by atoms with Crippen LogP contribution < -0.4 is 5.32 Å². The lowest BCUT2D eigenvalue weighted by Gasteiger charge is -2.19. The van der Waals surface area contributed by atoms with Gasteiger partial charge in [0.2, 0.25) is 10.0 Å². The van der Waals surface area contributed by atoms with Crippen LogP contribution in [0.2, 0.25) is 10.0 Å². The normalized spacial score (nSPS) is 12.5. The Labute approximate surface area is 192 Å². The quantitative estimate of drug-likeness (QED) is 0.539. The maximum atomic E-state index is 12.8. The van der Waals surface area contributed by atoms with E-state index in [0.29, 0.717) is 5.02 Å². The van der Waals surface area contributed by atoms with Gasteiger partial charge in [0.05, 0.1) is 16.6 Å². The number of benzene rings is 2. The number of rotatable bonds is 9. The van der Waals surface area contributed by atoms with E-state index < -0.39 is 28.5 Å². The first kappa shape index (κ1) is 25.1. The van der Waals surface area contributed by atoms with Crippen LogP contribution in [0.5, 0.6) is 0 Å². The molecule has 10 heteroatoms. The molecule has 0 bridgehead atoms. The predicted octanol–water partition coefficient (Wildman–Crippen LogP) is 4.06. The molecule has 1 unspecified atom stereocenters. The number of hydrogen-bond donors (Lipinski definition) is 1. The molecule has 168 valence electrons. The van der Waals surface area contributed by atoms with E-state index in [4.69, 9.17) is 27.9 Å². The molecule has 1 atom stereocenters. The van der Waals surface area contributed by atoms with Crippen molar-refractivity contribution < 1.29 is 22.7 Å². The summed E-state index contributed by atoms with van der Waals surface area (Å²) < 4.78 is 31.8. The van der Waals surface area contributed by atoms with Crippen LogP contribution in [-0.2, 0) is 19.6 Å². The van der Waals surface area contributed by atoms with Gasteiger partial charge in [0.15, 0.2) is 6.61 Å². The van der Waals surface area contributed by atoms with E-state index >= 15 is 0 Å². The summed E-state index contributed by atoms with van der Waals surface area (Å²) >= 11 is 12.2. The summed E-state index contributed by atoms with van der Waals surface area (Å²) in [6.45, 7) is 5.14. The van der Waals surface area contributed by atoms with Crippen molar-refractivity contribution in [2.24, 2.45) is 0 Å². The van der Waals surface area contributed by atoms with Crippen molar-refractivity contribution in [3.05, 3.63) is 63.6 Å². The number of esters is 1. The zero-order chi connectivity index (χ0) is 23.2. The number of amides is 1. The van der Waals surface area contributed by atoms with Crippen LogP contribution in [0.25, 0.3) is 0 Å². The maximum Gasteiger partial charge on any atom is 0.338 e. The number of sulfonamides is 1. The van der Waals surface area contributed by atoms with Gasteiger partial charge in [-0.15, -0.1) is 0 Å². The summed E-state index contributed by atoms with van der Waals surface area (Å²) in [5.41, 5.74) is 0.704. The largest absolute Gasteiger partial charge is 0.452 e. The smallest absolute Gasteiger partial charge is 0.338 e. The average molecular weight is 487 g/mol. The predicted molar refractivity (Wildman–Crippen MR) is 120 cm³/mol. The van der Waals surface area contributed by atoms with Crippen molar-refractivity contribution in [2.45, 2.75) is 31.7 Å². The topological polar surface area (TPSA) is 92.8 Å². The molecule has 0 heterocycles. The van der Waals surface area contributed by atoms with E-state index in [9.17, 15) is 18.0 Å². The van der Waals surface area contributed by atoms with Gasteiger partial charge >= 0.3 is 5.97 Å². The molecule has 0 saturated carbocycles. The average Bonchev–Trinajstić information content (AvgIpc) is 2.73. The van der Waals surface area contributed by atoms with E-state index in [1.165, 1.54) is 16.4 Å². The van der Waals surface area contributed by atoms with Gasteiger partial charge in [-0.2, -0.15) is 4.31 Å². The second-order valence-electron chi connectivity index (χ2n) is 6.62. The molecule has 7 nitrogen and oxygen atoms in total. The number of halogens is 2. The third kappa shape index (κ3) is 6.20. The minimum atomic E-state index is -3.87. The molecule has 1 amide bonds. The van der Waals surface area contributed by atoms with Crippen LogP contribution in [0.3, 0.4) is 0 Å². The molecule has 0 aliphatic rings. The van der Waals surface area contributed by atoms with Gasteiger partial charge in [-0.05, 0) is 36.8 Å². The van der Waals surface area contributed by atoms with E-state index in [2.05, 4.69) is 5.32 Å². The molecule has 2 rings (SSSR count). The Hall–Kier alpha value is -2.13. The summed E-state index contributed by atoms with van der Waals surface area (Å²) in [5.74, 6) is -1.36. The van der Waals surface area contributed by atoms with Crippen LogP contribution in [-0.4, -0.2) is 44.3 Å². The molecule has 2 aromatic carbocycles. The summed E-state index contributed by atoms with van der Waals surface area (Å²) in [6, 6.07) is 10.5. The Balaban J connectivity index is 2.07. The zero-order valence-corrected chi connectivity index (χ0v) is 19.7. The van der Waals surface area contributed by atoms with Crippen molar-refractivity contribution >= 4 is 45.1 Å². The molecule has 2 aromatic rings. The highest BCUT2D eigenvalue weighted by Gasteiger charge is 2.26. The minimum absolute atomic E-state index is 0.00485. The van der Waals surface area contributed by atoms with Gasteiger partial charge in [0.1, 0.15) is 4.90 Å². The summed E-state index contributed by atoms with van der Waals surface area (Å²) in [4.78, 5) is 24.4. The SMILES string of the molecule is CCN(CC)S(=O)(=O)c1cc(C(=O)OCC(=O)NC(C)c2ccccc2Cl)ccc1Cl. The van der Waals surface area contributed by atoms with Gasteiger partial charge in [-0.3, -0.25) is 4.79 Å². The maximum absolute atomic E-state index is 12.8. The molecule has 31 heavy (non-hydrogen) atoms. The van der Waals surface area contributed by atoms with Crippen molar-refractivity contribution in [1.29, 1.82) is 0 Å². The lowest BCUT2D eigenvalue weighted by Crippen LogP contribution is -2.31. The van der Waals surface area contributed by atoms with Crippen molar-refractivity contribution in [2.75, 3.05) is 19.7 Å². The monoisotopic (exact) mass is 486 g/mol. The number of carbonyl (C=O) groups excluding carboxylic acids is 2. The summed E-state index contributed by atoms with van der Waals surface area (Å²) in [5, 5.41) is 3.20. The second kappa shape index (κ2) is 10.9. The number of nitrogens with zero attached hydrogens (tertiary/aromatic N) is 1. The lowest BCUT2D eigenvalue weighted by molar-refractivity contribution is -0.124. The van der Waals surface area contributed by atoms with Crippen LogP contribution in [0.1, 0.15) is 42.7 Å². The minimum Gasteiger partial charge on any atom is -0.452 e. The fourth-order valence-electron chi connectivity index (χ4n) is 2.93. The fourth-order valence-corrected chi connectivity index (χ4v) is 5.19. The lowest BCUT2D eigenvalue weighted by atomic mass is 10.1. The standard InChI is InChI=1S/C21H24Cl2N2O5S/c1-4-25(5-2)31(28,29)19-12-15(10-11-18(19)23)21(27)30-13-20(26)24-14(3)16-8-6-7-9-17(16)22/h6-12,14H,4-5,13H2,1-3H3,(H,24,26). The third-order valence-corrected chi connectivity index (χ3v) is 7.45. The molecule has 1 N–H and O–H groups in total. The fraction of sp³-hybridized carbons (Fsp3) is 0.333. The van der Waals surface area contributed by atoms with E-state index in [1.54, 1.807) is 45.0 Å². The Morgan fingerprint density at radius 3 is 2.32 bits per heavy atom. The molecule has 0 fully saturated rings. The first-order chi connectivity index (χ1) is 14.6.